The van der Waals surface area contributed by atoms with Gasteiger partial charge in [0.05, 0.1) is 6.61 Å². The predicted octanol–water partition coefficient (Wildman–Crippen LogP) is 3.09. The molecule has 0 N–H and O–H groups in total. The highest BCUT2D eigenvalue weighted by Crippen LogP contribution is 2.16. The van der Waals surface area contributed by atoms with E-state index in [1.54, 1.807) is 6.92 Å². The van der Waals surface area contributed by atoms with Crippen LogP contribution < -0.4 is 4.74 Å². The molecule has 0 radical (unpaired) electrons. The van der Waals surface area contributed by atoms with Gasteiger partial charge in [0.15, 0.2) is 0 Å². The molecule has 17 heavy (non-hydrogen) atoms. The molecule has 0 aliphatic heterocycles. The van der Waals surface area contributed by atoms with E-state index in [0.29, 0.717) is 11.3 Å². The van der Waals surface area contributed by atoms with E-state index in [9.17, 15) is 17.6 Å². The quantitative estimate of drug-likeness (QED) is 0.592. The molecule has 0 spiro atoms. The molecule has 0 aliphatic rings. The Balaban J connectivity index is 2.25. The third-order valence-corrected chi connectivity index (χ3v) is 1.89. The monoisotopic (exact) mass is 252 g/mol. The molecule has 0 aliphatic carbocycles. The largest absolute Gasteiger partial charge is 0.491 e. The second-order valence-corrected chi connectivity index (χ2v) is 3.43. The lowest BCUT2D eigenvalue weighted by atomic mass is 10.2. The van der Waals surface area contributed by atoms with E-state index in [2.05, 4.69) is 4.74 Å². The van der Waals surface area contributed by atoms with E-state index in [4.69, 9.17) is 4.74 Å². The van der Waals surface area contributed by atoms with Gasteiger partial charge < -0.3 is 9.47 Å². The van der Waals surface area contributed by atoms with Crippen molar-refractivity contribution in [2.75, 3.05) is 19.8 Å². The average Bonchev–Trinajstić information content (AvgIpc) is 2.21. The van der Waals surface area contributed by atoms with Crippen molar-refractivity contribution >= 4 is 0 Å². The highest BCUT2D eigenvalue weighted by atomic mass is 19.4. The Bertz CT molecular complexity index is 363. The average molecular weight is 252 g/mol. The second kappa shape index (κ2) is 5.86. The van der Waals surface area contributed by atoms with Crippen LogP contribution in [0.25, 0.3) is 0 Å². The summed E-state index contributed by atoms with van der Waals surface area (Å²) in [5, 5.41) is 0. The molecule has 0 aromatic heterocycles. The number of benzene rings is 1. The maximum Gasteiger partial charge on any atom is 0.411 e. The van der Waals surface area contributed by atoms with Gasteiger partial charge in [0, 0.05) is 0 Å². The van der Waals surface area contributed by atoms with Gasteiger partial charge in [0.1, 0.15) is 24.8 Å². The van der Waals surface area contributed by atoms with Gasteiger partial charge in [-0.1, -0.05) is 0 Å². The van der Waals surface area contributed by atoms with Gasteiger partial charge in [-0.2, -0.15) is 13.2 Å². The molecule has 0 saturated heterocycles. The maximum absolute atomic E-state index is 12.9. The Labute approximate surface area is 96.1 Å². The molecule has 0 bridgehead atoms. The molecule has 0 unspecified atom stereocenters. The second-order valence-electron chi connectivity index (χ2n) is 3.43. The first-order valence-electron chi connectivity index (χ1n) is 4.92. The number of halogens is 4. The van der Waals surface area contributed by atoms with Crippen LogP contribution in [0, 0.1) is 12.7 Å². The summed E-state index contributed by atoms with van der Waals surface area (Å²) < 4.78 is 57.4. The first kappa shape index (κ1) is 13.8. The lowest BCUT2D eigenvalue weighted by Crippen LogP contribution is -2.19. The third-order valence-electron chi connectivity index (χ3n) is 1.89. The van der Waals surface area contributed by atoms with Crippen LogP contribution >= 0.6 is 0 Å². The summed E-state index contributed by atoms with van der Waals surface area (Å²) in [4.78, 5) is 0. The molecule has 0 heterocycles. The summed E-state index contributed by atoms with van der Waals surface area (Å²) in [5.74, 6) is 0.0465. The minimum Gasteiger partial charge on any atom is -0.491 e. The number of hydrogen-bond donors (Lipinski definition) is 0. The van der Waals surface area contributed by atoms with Crippen LogP contribution in [-0.2, 0) is 4.74 Å². The van der Waals surface area contributed by atoms with E-state index in [1.807, 2.05) is 0 Å². The number of alkyl halides is 3. The summed E-state index contributed by atoms with van der Waals surface area (Å²) >= 11 is 0. The SMILES string of the molecule is Cc1cc(OCCOCC(F)(F)F)ccc1F. The predicted molar refractivity (Wildman–Crippen MR) is 53.5 cm³/mol. The number of ether oxygens (including phenoxy) is 2. The van der Waals surface area contributed by atoms with Crippen molar-refractivity contribution < 1.29 is 27.0 Å². The molecule has 6 heteroatoms. The number of aryl methyl sites for hydroxylation is 1. The van der Waals surface area contributed by atoms with Crippen molar-refractivity contribution in [1.82, 2.24) is 0 Å². The molecular weight excluding hydrogens is 240 g/mol. The summed E-state index contributed by atoms with van der Waals surface area (Å²) in [5.41, 5.74) is 0.415. The molecule has 0 fully saturated rings. The summed E-state index contributed by atoms with van der Waals surface area (Å²) in [6.07, 6.45) is -4.33. The fourth-order valence-electron chi connectivity index (χ4n) is 1.11. The topological polar surface area (TPSA) is 18.5 Å². The third kappa shape index (κ3) is 5.53. The van der Waals surface area contributed by atoms with Crippen molar-refractivity contribution in [1.29, 1.82) is 0 Å². The normalized spacial score (nSPS) is 11.6. The van der Waals surface area contributed by atoms with Gasteiger partial charge in [0.2, 0.25) is 0 Å². The molecule has 96 valence electrons. The van der Waals surface area contributed by atoms with Crippen molar-refractivity contribution in [3.8, 4) is 5.75 Å². The standard InChI is InChI=1S/C11H12F4O2/c1-8-6-9(2-3-10(8)12)17-5-4-16-7-11(13,14)15/h2-3,6H,4-5,7H2,1H3. The van der Waals surface area contributed by atoms with E-state index >= 15 is 0 Å². The molecule has 1 aromatic carbocycles. The van der Waals surface area contributed by atoms with Crippen molar-refractivity contribution in [2.45, 2.75) is 13.1 Å². The molecule has 1 aromatic rings. The fraction of sp³-hybridized carbons (Fsp3) is 0.455. The van der Waals surface area contributed by atoms with Gasteiger partial charge in [0.25, 0.3) is 0 Å². The Morgan fingerprint density at radius 1 is 1.18 bits per heavy atom. The van der Waals surface area contributed by atoms with E-state index in [1.165, 1.54) is 18.2 Å². The molecule has 0 saturated carbocycles. The van der Waals surface area contributed by atoms with Crippen LogP contribution in [0.4, 0.5) is 17.6 Å². The van der Waals surface area contributed by atoms with Crippen LogP contribution in [0.1, 0.15) is 5.56 Å². The smallest absolute Gasteiger partial charge is 0.411 e. The molecule has 0 atom stereocenters. The molecular formula is C11H12F4O2. The Kier molecular flexibility index (Phi) is 4.74. The minimum absolute atomic E-state index is 0.0127. The highest BCUT2D eigenvalue weighted by Gasteiger charge is 2.27. The van der Waals surface area contributed by atoms with Crippen LogP contribution in [0.3, 0.4) is 0 Å². The lowest BCUT2D eigenvalue weighted by Gasteiger charge is -2.09. The van der Waals surface area contributed by atoms with Gasteiger partial charge >= 0.3 is 6.18 Å². The summed E-state index contributed by atoms with van der Waals surface area (Å²) in [6.45, 7) is 0.0955. The lowest BCUT2D eigenvalue weighted by molar-refractivity contribution is -0.175. The Morgan fingerprint density at radius 3 is 2.47 bits per heavy atom. The number of hydrogen-bond acceptors (Lipinski definition) is 2. The van der Waals surface area contributed by atoms with E-state index < -0.39 is 12.8 Å². The fourth-order valence-corrected chi connectivity index (χ4v) is 1.11. The maximum atomic E-state index is 12.9. The first-order chi connectivity index (χ1) is 7.88. The Morgan fingerprint density at radius 2 is 1.88 bits per heavy atom. The van der Waals surface area contributed by atoms with Crippen molar-refractivity contribution in [3.63, 3.8) is 0 Å². The zero-order valence-electron chi connectivity index (χ0n) is 9.18. The van der Waals surface area contributed by atoms with Gasteiger partial charge in [-0.05, 0) is 30.7 Å². The van der Waals surface area contributed by atoms with Gasteiger partial charge in [-0.25, -0.2) is 4.39 Å². The van der Waals surface area contributed by atoms with E-state index in [0.717, 1.165) is 0 Å². The summed E-state index contributed by atoms with van der Waals surface area (Å²) in [7, 11) is 0. The van der Waals surface area contributed by atoms with Gasteiger partial charge in [-0.3, -0.25) is 0 Å². The number of rotatable bonds is 5. The zero-order chi connectivity index (χ0) is 12.9. The van der Waals surface area contributed by atoms with Crippen molar-refractivity contribution in [3.05, 3.63) is 29.6 Å². The molecule has 0 amide bonds. The highest BCUT2D eigenvalue weighted by molar-refractivity contribution is 5.28. The zero-order valence-corrected chi connectivity index (χ0v) is 9.18. The van der Waals surface area contributed by atoms with Crippen molar-refractivity contribution in [2.24, 2.45) is 0 Å². The van der Waals surface area contributed by atoms with Gasteiger partial charge in [-0.15, -0.1) is 0 Å². The van der Waals surface area contributed by atoms with Crippen LogP contribution in [0.15, 0.2) is 18.2 Å². The molecule has 1 rings (SSSR count). The molecule has 2 nitrogen and oxygen atoms in total. The van der Waals surface area contributed by atoms with Crippen LogP contribution in [0.2, 0.25) is 0 Å². The minimum atomic E-state index is -4.33. The Hall–Kier alpha value is -1.30. The van der Waals surface area contributed by atoms with Crippen LogP contribution in [-0.4, -0.2) is 26.0 Å². The first-order valence-corrected chi connectivity index (χ1v) is 4.92. The van der Waals surface area contributed by atoms with Crippen LogP contribution in [0.5, 0.6) is 5.75 Å². The van der Waals surface area contributed by atoms with E-state index in [-0.39, 0.29) is 19.0 Å². The summed E-state index contributed by atoms with van der Waals surface area (Å²) in [6, 6.07) is 4.12.